The van der Waals surface area contributed by atoms with E-state index in [4.69, 9.17) is 0 Å². The van der Waals surface area contributed by atoms with Gasteiger partial charge in [0, 0.05) is 11.9 Å². The van der Waals surface area contributed by atoms with Crippen LogP contribution >= 0.6 is 39.0 Å². The number of carbonyl (C=O) groups excluding carboxylic acids is 1. The van der Waals surface area contributed by atoms with Crippen molar-refractivity contribution >= 4 is 60.3 Å². The van der Waals surface area contributed by atoms with E-state index in [1.807, 2.05) is 30.3 Å². The zero-order valence-corrected chi connectivity index (χ0v) is 17.4. The maximum atomic E-state index is 13.3. The van der Waals surface area contributed by atoms with E-state index in [0.29, 0.717) is 30.7 Å². The average molecular weight is 475 g/mol. The summed E-state index contributed by atoms with van der Waals surface area (Å²) in [5.74, 6) is -0.0459. The first-order valence-corrected chi connectivity index (χ1v) is 10.7. The van der Waals surface area contributed by atoms with Gasteiger partial charge in [0.05, 0.1) is 14.7 Å². The lowest BCUT2D eigenvalue weighted by molar-refractivity contribution is 0.102. The molecule has 28 heavy (non-hydrogen) atoms. The van der Waals surface area contributed by atoms with Crippen molar-refractivity contribution in [3.8, 4) is 0 Å². The summed E-state index contributed by atoms with van der Waals surface area (Å²) < 4.78 is 14.5. The molecule has 2 heterocycles. The maximum Gasteiger partial charge on any atom is 0.277 e. The van der Waals surface area contributed by atoms with Gasteiger partial charge in [-0.05, 0) is 39.7 Å². The highest BCUT2D eigenvalue weighted by atomic mass is 79.9. The van der Waals surface area contributed by atoms with Crippen LogP contribution in [0.3, 0.4) is 0 Å². The summed E-state index contributed by atoms with van der Waals surface area (Å²) in [6, 6.07) is 14.3. The molecule has 0 saturated heterocycles. The van der Waals surface area contributed by atoms with Crippen LogP contribution in [0.4, 0.5) is 9.52 Å². The Bertz CT molecular complexity index is 1150. The van der Waals surface area contributed by atoms with Crippen LogP contribution in [-0.2, 0) is 5.75 Å². The van der Waals surface area contributed by atoms with E-state index in [1.165, 1.54) is 35.2 Å². The predicted molar refractivity (Wildman–Crippen MR) is 113 cm³/mol. The predicted octanol–water partition coefficient (Wildman–Crippen LogP) is 5.53. The second-order valence-electron chi connectivity index (χ2n) is 5.71. The number of nitrogens with zero attached hydrogens (tertiary/aromatic N) is 3. The van der Waals surface area contributed by atoms with Crippen molar-refractivity contribution in [2.24, 2.45) is 0 Å². The van der Waals surface area contributed by atoms with Crippen LogP contribution in [0.1, 0.15) is 16.1 Å². The minimum absolute atomic E-state index is 0.219. The number of halogens is 2. The lowest BCUT2D eigenvalue weighted by Gasteiger charge is -2.06. The Balaban J connectivity index is 1.51. The summed E-state index contributed by atoms with van der Waals surface area (Å²) in [6.45, 7) is 0. The molecular formula is C19H12BrFN4OS2. The number of hydrogen-bond donors (Lipinski definition) is 1. The number of nitrogens with one attached hydrogen (secondary N) is 1. The van der Waals surface area contributed by atoms with Crippen molar-refractivity contribution in [1.29, 1.82) is 0 Å². The quantitative estimate of drug-likeness (QED) is 0.304. The summed E-state index contributed by atoms with van der Waals surface area (Å²) in [7, 11) is 0. The molecule has 4 rings (SSSR count). The normalized spacial score (nSPS) is 10.9. The van der Waals surface area contributed by atoms with Crippen LogP contribution in [0, 0.1) is 5.82 Å². The summed E-state index contributed by atoms with van der Waals surface area (Å²) in [6.07, 6.45) is 1.56. The monoisotopic (exact) mass is 474 g/mol. The van der Waals surface area contributed by atoms with Gasteiger partial charge in [0.1, 0.15) is 11.5 Å². The van der Waals surface area contributed by atoms with E-state index < -0.39 is 5.91 Å². The van der Waals surface area contributed by atoms with Crippen LogP contribution in [0.15, 0.2) is 64.4 Å². The number of thiazole rings is 1. The molecular weight excluding hydrogens is 463 g/mol. The van der Waals surface area contributed by atoms with E-state index in [9.17, 15) is 9.18 Å². The number of amides is 1. The Morgan fingerprint density at radius 1 is 1.18 bits per heavy atom. The van der Waals surface area contributed by atoms with E-state index >= 15 is 0 Å². The van der Waals surface area contributed by atoms with Crippen molar-refractivity contribution in [2.75, 3.05) is 5.32 Å². The SMILES string of the molecule is O=C(Nc1nc2ccc(F)cc2s1)c1nc(SCc2ccccc2)ncc1Br. The van der Waals surface area contributed by atoms with Gasteiger partial charge < -0.3 is 0 Å². The lowest BCUT2D eigenvalue weighted by Crippen LogP contribution is -2.15. The highest BCUT2D eigenvalue weighted by molar-refractivity contribution is 9.10. The molecule has 0 aliphatic rings. The van der Waals surface area contributed by atoms with Gasteiger partial charge >= 0.3 is 0 Å². The fraction of sp³-hybridized carbons (Fsp3) is 0.0526. The molecule has 0 aliphatic heterocycles. The third-order valence-electron chi connectivity index (χ3n) is 3.72. The van der Waals surface area contributed by atoms with E-state index in [-0.39, 0.29) is 11.5 Å². The summed E-state index contributed by atoms with van der Waals surface area (Å²) in [5, 5.41) is 3.61. The van der Waals surface area contributed by atoms with Crippen LogP contribution in [-0.4, -0.2) is 20.9 Å². The third kappa shape index (κ3) is 4.37. The number of carbonyl (C=O) groups is 1. The van der Waals surface area contributed by atoms with Crippen LogP contribution in [0.25, 0.3) is 10.2 Å². The Morgan fingerprint density at radius 2 is 2.00 bits per heavy atom. The van der Waals surface area contributed by atoms with Gasteiger partial charge in [-0.2, -0.15) is 0 Å². The van der Waals surface area contributed by atoms with Crippen molar-refractivity contribution < 1.29 is 9.18 Å². The van der Waals surface area contributed by atoms with Crippen molar-refractivity contribution in [3.63, 3.8) is 0 Å². The lowest BCUT2D eigenvalue weighted by atomic mass is 10.2. The molecule has 1 N–H and O–H groups in total. The molecule has 0 saturated carbocycles. The molecule has 5 nitrogen and oxygen atoms in total. The molecule has 0 bridgehead atoms. The molecule has 0 fully saturated rings. The number of thioether (sulfide) groups is 1. The fourth-order valence-corrected chi connectivity index (χ4v) is 4.44. The number of hydrogen-bond acceptors (Lipinski definition) is 6. The smallest absolute Gasteiger partial charge is 0.277 e. The summed E-state index contributed by atoms with van der Waals surface area (Å²) >= 11 is 5.98. The van der Waals surface area contributed by atoms with Gasteiger partial charge in [-0.3, -0.25) is 10.1 Å². The number of aromatic nitrogens is 3. The van der Waals surface area contributed by atoms with Gasteiger partial charge in [0.25, 0.3) is 5.91 Å². The zero-order chi connectivity index (χ0) is 19.5. The van der Waals surface area contributed by atoms with Gasteiger partial charge in [-0.25, -0.2) is 19.3 Å². The van der Waals surface area contributed by atoms with Crippen LogP contribution < -0.4 is 5.32 Å². The van der Waals surface area contributed by atoms with Crippen molar-refractivity contribution in [1.82, 2.24) is 15.0 Å². The first kappa shape index (κ1) is 19.0. The van der Waals surface area contributed by atoms with Crippen LogP contribution in [0.2, 0.25) is 0 Å². The summed E-state index contributed by atoms with van der Waals surface area (Å²) in [5.41, 5.74) is 1.99. The van der Waals surface area contributed by atoms with Gasteiger partial charge in [-0.1, -0.05) is 53.4 Å². The molecule has 2 aromatic heterocycles. The second kappa shape index (κ2) is 8.34. The minimum atomic E-state index is -0.407. The first-order chi connectivity index (χ1) is 13.6. The average Bonchev–Trinajstić information content (AvgIpc) is 3.09. The van der Waals surface area contributed by atoms with E-state index in [1.54, 1.807) is 12.3 Å². The summed E-state index contributed by atoms with van der Waals surface area (Å²) in [4.78, 5) is 25.6. The van der Waals surface area contributed by atoms with Gasteiger partial charge in [-0.15, -0.1) is 0 Å². The molecule has 140 valence electrons. The molecule has 4 aromatic rings. The molecule has 0 spiro atoms. The van der Waals surface area contributed by atoms with E-state index in [0.717, 1.165) is 5.56 Å². The highest BCUT2D eigenvalue weighted by Gasteiger charge is 2.16. The zero-order valence-electron chi connectivity index (χ0n) is 14.2. The Kier molecular flexibility index (Phi) is 5.65. The first-order valence-electron chi connectivity index (χ1n) is 8.15. The Hall–Kier alpha value is -2.36. The second-order valence-corrected chi connectivity index (χ2v) is 8.54. The molecule has 2 aromatic carbocycles. The number of fused-ring (bicyclic) bond motifs is 1. The molecule has 0 unspecified atom stereocenters. The molecule has 0 atom stereocenters. The number of anilines is 1. The Morgan fingerprint density at radius 3 is 2.82 bits per heavy atom. The molecule has 1 amide bonds. The largest absolute Gasteiger partial charge is 0.296 e. The van der Waals surface area contributed by atoms with Gasteiger partial charge in [0.15, 0.2) is 10.3 Å². The topological polar surface area (TPSA) is 67.8 Å². The van der Waals surface area contributed by atoms with E-state index in [2.05, 4.69) is 36.2 Å². The van der Waals surface area contributed by atoms with Gasteiger partial charge in [0.2, 0.25) is 0 Å². The maximum absolute atomic E-state index is 13.3. The Labute approximate surface area is 176 Å². The molecule has 0 radical (unpaired) electrons. The highest BCUT2D eigenvalue weighted by Crippen LogP contribution is 2.28. The molecule has 9 heteroatoms. The number of benzene rings is 2. The minimum Gasteiger partial charge on any atom is -0.296 e. The fourth-order valence-electron chi connectivity index (χ4n) is 2.41. The number of rotatable bonds is 5. The van der Waals surface area contributed by atoms with Crippen molar-refractivity contribution in [3.05, 3.63) is 76.3 Å². The molecule has 0 aliphatic carbocycles. The van der Waals surface area contributed by atoms with Crippen molar-refractivity contribution in [2.45, 2.75) is 10.9 Å². The standard InChI is InChI=1S/C19H12BrFN4OS2/c20-13-9-22-18(27-10-11-4-2-1-3-5-11)24-16(13)17(26)25-19-23-14-7-6-12(21)8-15(14)28-19/h1-9H,10H2,(H,23,25,26). The van der Waals surface area contributed by atoms with Crippen LogP contribution in [0.5, 0.6) is 0 Å². The third-order valence-corrected chi connectivity index (χ3v) is 6.17.